The number of hydrogen-bond acceptors (Lipinski definition) is 3. The molecular formula is C15H27N3O. The molecule has 0 saturated heterocycles. The van der Waals surface area contributed by atoms with Crippen molar-refractivity contribution in [3.8, 4) is 0 Å². The van der Waals surface area contributed by atoms with Crippen LogP contribution in [0.5, 0.6) is 0 Å². The van der Waals surface area contributed by atoms with E-state index in [-0.39, 0.29) is 0 Å². The molecule has 108 valence electrons. The minimum Gasteiger partial charge on any atom is -0.384 e. The second-order valence-electron chi connectivity index (χ2n) is 5.85. The molecule has 1 N–H and O–H groups in total. The Morgan fingerprint density at radius 3 is 2.84 bits per heavy atom. The Kier molecular flexibility index (Phi) is 5.25. The van der Waals surface area contributed by atoms with Crippen LogP contribution in [0, 0.1) is 12.8 Å². The Bertz CT molecular complexity index is 383. The van der Waals surface area contributed by atoms with Crippen LogP contribution >= 0.6 is 0 Å². The van der Waals surface area contributed by atoms with E-state index < -0.39 is 0 Å². The number of imidazole rings is 1. The number of anilines is 1. The lowest BCUT2D eigenvalue weighted by molar-refractivity contribution is 0.164. The largest absolute Gasteiger partial charge is 0.384 e. The van der Waals surface area contributed by atoms with E-state index in [2.05, 4.69) is 34.9 Å². The molecule has 0 radical (unpaired) electrons. The predicted octanol–water partition coefficient (Wildman–Crippen LogP) is 3.39. The maximum atomic E-state index is 5.18. The second kappa shape index (κ2) is 6.94. The topological polar surface area (TPSA) is 39.1 Å². The summed E-state index contributed by atoms with van der Waals surface area (Å²) in [5.74, 6) is 1.54. The number of nitrogens with one attached hydrogen (secondary N) is 1. The fraction of sp³-hybridized carbons (Fsp3) is 0.800. The van der Waals surface area contributed by atoms with Gasteiger partial charge in [0.15, 0.2) is 0 Å². The first kappa shape index (κ1) is 14.4. The summed E-state index contributed by atoms with van der Waals surface area (Å²) in [5, 5.41) is 3.49. The molecule has 4 heteroatoms. The Morgan fingerprint density at radius 2 is 2.16 bits per heavy atom. The molecule has 1 aromatic heterocycles. The molecule has 0 amide bonds. The van der Waals surface area contributed by atoms with Gasteiger partial charge in [-0.3, -0.25) is 0 Å². The zero-order valence-corrected chi connectivity index (χ0v) is 12.5. The summed E-state index contributed by atoms with van der Waals surface area (Å²) < 4.78 is 7.53. The van der Waals surface area contributed by atoms with Crippen molar-refractivity contribution >= 4 is 5.95 Å². The minimum absolute atomic E-state index is 0.502. The van der Waals surface area contributed by atoms with Crippen molar-refractivity contribution in [1.82, 2.24) is 9.55 Å². The molecule has 1 heterocycles. The number of ether oxygens (including phenoxy) is 1. The maximum Gasteiger partial charge on any atom is 0.203 e. The van der Waals surface area contributed by atoms with Gasteiger partial charge in [-0.25, -0.2) is 4.98 Å². The molecular weight excluding hydrogens is 238 g/mol. The molecule has 4 nitrogen and oxygen atoms in total. The summed E-state index contributed by atoms with van der Waals surface area (Å²) in [6.07, 6.45) is 8.86. The molecule has 0 aliphatic heterocycles. The standard InChI is InChI=1S/C15H27N3O/c1-12(11-19-3)9-16-15-17-13(2)10-18(15)14-7-5-4-6-8-14/h10,12,14H,4-9,11H2,1-3H3,(H,16,17). The van der Waals surface area contributed by atoms with Gasteiger partial charge < -0.3 is 14.6 Å². The molecule has 1 aliphatic rings. The van der Waals surface area contributed by atoms with Crippen molar-refractivity contribution in [1.29, 1.82) is 0 Å². The van der Waals surface area contributed by atoms with Crippen molar-refractivity contribution in [2.75, 3.05) is 25.6 Å². The molecule has 1 fully saturated rings. The fourth-order valence-electron chi connectivity index (χ4n) is 2.89. The first-order valence-electron chi connectivity index (χ1n) is 7.49. The molecule has 2 rings (SSSR count). The molecule has 1 unspecified atom stereocenters. The van der Waals surface area contributed by atoms with Crippen LogP contribution in [-0.2, 0) is 4.74 Å². The summed E-state index contributed by atoms with van der Waals surface area (Å²) in [5.41, 5.74) is 1.10. The van der Waals surface area contributed by atoms with E-state index in [1.807, 2.05) is 0 Å². The first-order chi connectivity index (χ1) is 9.20. The van der Waals surface area contributed by atoms with Gasteiger partial charge in [0.25, 0.3) is 0 Å². The fourth-order valence-corrected chi connectivity index (χ4v) is 2.89. The molecule has 1 saturated carbocycles. The smallest absolute Gasteiger partial charge is 0.203 e. The number of aromatic nitrogens is 2. The van der Waals surface area contributed by atoms with Gasteiger partial charge in [0.2, 0.25) is 5.95 Å². The number of aryl methyl sites for hydroxylation is 1. The van der Waals surface area contributed by atoms with Crippen LogP contribution in [0.2, 0.25) is 0 Å². The van der Waals surface area contributed by atoms with Crippen LogP contribution in [0.3, 0.4) is 0 Å². The summed E-state index contributed by atoms with van der Waals surface area (Å²) in [6.45, 7) is 5.97. The van der Waals surface area contributed by atoms with E-state index in [0.717, 1.165) is 24.8 Å². The van der Waals surface area contributed by atoms with Crippen LogP contribution in [0.25, 0.3) is 0 Å². The molecule has 0 aromatic carbocycles. The molecule has 1 aliphatic carbocycles. The van der Waals surface area contributed by atoms with E-state index in [1.165, 1.54) is 32.1 Å². The van der Waals surface area contributed by atoms with Gasteiger partial charge in [-0.1, -0.05) is 26.2 Å². The molecule has 0 spiro atoms. The Labute approximate surface area is 116 Å². The van der Waals surface area contributed by atoms with Crippen LogP contribution in [0.1, 0.15) is 50.8 Å². The van der Waals surface area contributed by atoms with Gasteiger partial charge in [0.05, 0.1) is 12.3 Å². The van der Waals surface area contributed by atoms with E-state index >= 15 is 0 Å². The highest BCUT2D eigenvalue weighted by molar-refractivity contribution is 5.29. The number of hydrogen-bond donors (Lipinski definition) is 1. The van der Waals surface area contributed by atoms with E-state index in [9.17, 15) is 0 Å². The first-order valence-corrected chi connectivity index (χ1v) is 7.49. The Balaban J connectivity index is 1.99. The van der Waals surface area contributed by atoms with Gasteiger partial charge in [0.1, 0.15) is 0 Å². The zero-order chi connectivity index (χ0) is 13.7. The molecule has 0 bridgehead atoms. The SMILES string of the molecule is COCC(C)CNc1nc(C)cn1C1CCCCC1. The highest BCUT2D eigenvalue weighted by atomic mass is 16.5. The minimum atomic E-state index is 0.502. The highest BCUT2D eigenvalue weighted by Crippen LogP contribution is 2.30. The Morgan fingerprint density at radius 1 is 1.42 bits per heavy atom. The number of nitrogens with zero attached hydrogens (tertiary/aromatic N) is 2. The average Bonchev–Trinajstić information content (AvgIpc) is 2.79. The summed E-state index contributed by atoms with van der Waals surface area (Å²) >= 11 is 0. The van der Waals surface area contributed by atoms with Crippen LogP contribution in [0.4, 0.5) is 5.95 Å². The summed E-state index contributed by atoms with van der Waals surface area (Å²) in [7, 11) is 1.75. The maximum absolute atomic E-state index is 5.18. The third kappa shape index (κ3) is 3.96. The normalized spacial score (nSPS) is 18.5. The van der Waals surface area contributed by atoms with Crippen LogP contribution in [-0.4, -0.2) is 29.8 Å². The quantitative estimate of drug-likeness (QED) is 0.857. The summed E-state index contributed by atoms with van der Waals surface area (Å²) in [6, 6.07) is 0.634. The monoisotopic (exact) mass is 265 g/mol. The van der Waals surface area contributed by atoms with Gasteiger partial charge in [-0.15, -0.1) is 0 Å². The third-order valence-corrected chi connectivity index (χ3v) is 3.88. The van der Waals surface area contributed by atoms with Crippen LogP contribution < -0.4 is 5.32 Å². The highest BCUT2D eigenvalue weighted by Gasteiger charge is 2.18. The van der Waals surface area contributed by atoms with E-state index in [0.29, 0.717) is 12.0 Å². The van der Waals surface area contributed by atoms with Gasteiger partial charge in [-0.2, -0.15) is 0 Å². The lowest BCUT2D eigenvalue weighted by Gasteiger charge is -2.25. The lowest BCUT2D eigenvalue weighted by Crippen LogP contribution is -2.20. The van der Waals surface area contributed by atoms with Crippen molar-refractivity contribution in [2.45, 2.75) is 52.0 Å². The summed E-state index contributed by atoms with van der Waals surface area (Å²) in [4.78, 5) is 4.63. The van der Waals surface area contributed by atoms with Gasteiger partial charge in [0, 0.05) is 25.9 Å². The second-order valence-corrected chi connectivity index (χ2v) is 5.85. The molecule has 1 aromatic rings. The van der Waals surface area contributed by atoms with E-state index in [1.54, 1.807) is 7.11 Å². The van der Waals surface area contributed by atoms with Crippen molar-refractivity contribution in [2.24, 2.45) is 5.92 Å². The Hall–Kier alpha value is -1.03. The van der Waals surface area contributed by atoms with E-state index in [4.69, 9.17) is 4.74 Å². The molecule has 19 heavy (non-hydrogen) atoms. The third-order valence-electron chi connectivity index (χ3n) is 3.88. The van der Waals surface area contributed by atoms with Crippen molar-refractivity contribution < 1.29 is 4.74 Å². The number of rotatable bonds is 6. The van der Waals surface area contributed by atoms with Crippen molar-refractivity contribution in [3.05, 3.63) is 11.9 Å². The van der Waals surface area contributed by atoms with Crippen molar-refractivity contribution in [3.63, 3.8) is 0 Å². The van der Waals surface area contributed by atoms with Gasteiger partial charge in [-0.05, 0) is 25.7 Å². The average molecular weight is 265 g/mol. The van der Waals surface area contributed by atoms with Gasteiger partial charge >= 0.3 is 0 Å². The molecule has 1 atom stereocenters. The number of methoxy groups -OCH3 is 1. The zero-order valence-electron chi connectivity index (χ0n) is 12.5. The lowest BCUT2D eigenvalue weighted by atomic mass is 9.95. The van der Waals surface area contributed by atoms with Crippen LogP contribution in [0.15, 0.2) is 6.20 Å². The predicted molar refractivity (Wildman–Crippen MR) is 78.6 cm³/mol.